The van der Waals surface area contributed by atoms with Gasteiger partial charge in [-0.15, -0.1) is 0 Å². The zero-order valence-corrected chi connectivity index (χ0v) is 14.4. The van der Waals surface area contributed by atoms with Crippen LogP contribution in [0.5, 0.6) is 5.88 Å². The Morgan fingerprint density at radius 1 is 1.32 bits per heavy atom. The van der Waals surface area contributed by atoms with Gasteiger partial charge in [0.15, 0.2) is 5.82 Å². The maximum atomic E-state index is 12.3. The van der Waals surface area contributed by atoms with Gasteiger partial charge in [0.25, 0.3) is 5.88 Å². The second-order valence-electron chi connectivity index (χ2n) is 5.91. The van der Waals surface area contributed by atoms with E-state index in [0.717, 1.165) is 12.8 Å². The van der Waals surface area contributed by atoms with Gasteiger partial charge < -0.3 is 9.64 Å². The van der Waals surface area contributed by atoms with Crippen molar-refractivity contribution in [3.8, 4) is 5.88 Å². The van der Waals surface area contributed by atoms with Crippen LogP contribution in [0.15, 0.2) is 12.4 Å². The summed E-state index contributed by atoms with van der Waals surface area (Å²) in [4.78, 5) is 10.3. The number of anilines is 1. The first kappa shape index (κ1) is 17.0. The molecule has 0 amide bonds. The van der Waals surface area contributed by atoms with Crippen LogP contribution in [-0.2, 0) is 10.0 Å². The third-order valence-electron chi connectivity index (χ3n) is 3.64. The predicted octanol–water partition coefficient (Wildman–Crippen LogP) is 1.12. The molecule has 0 aliphatic carbocycles. The number of sulfonamides is 1. The monoisotopic (exact) mass is 328 g/mol. The predicted molar refractivity (Wildman–Crippen MR) is 85.6 cm³/mol. The van der Waals surface area contributed by atoms with Gasteiger partial charge in [0, 0.05) is 33.0 Å². The highest BCUT2D eigenvalue weighted by atomic mass is 32.2. The standard InChI is InChI=1S/C14H24N4O3S/c1-11(2)22(19,20)18-9-5-6-12(10-18)21-14-13(17(3)4)15-7-8-16-14/h7-8,11-12H,5-6,9-10H2,1-4H3. The van der Waals surface area contributed by atoms with Gasteiger partial charge >= 0.3 is 0 Å². The average molecular weight is 328 g/mol. The van der Waals surface area contributed by atoms with E-state index in [-0.39, 0.29) is 6.10 Å². The van der Waals surface area contributed by atoms with Gasteiger partial charge in [0.1, 0.15) is 6.10 Å². The van der Waals surface area contributed by atoms with E-state index in [1.165, 1.54) is 4.31 Å². The molecule has 1 aromatic heterocycles. The van der Waals surface area contributed by atoms with Crippen molar-refractivity contribution in [2.75, 3.05) is 32.1 Å². The molecule has 0 bridgehead atoms. The fourth-order valence-electron chi connectivity index (χ4n) is 2.40. The van der Waals surface area contributed by atoms with Gasteiger partial charge in [-0.1, -0.05) is 0 Å². The molecule has 0 aromatic carbocycles. The molecule has 1 fully saturated rings. The molecule has 1 unspecified atom stereocenters. The molecule has 1 saturated heterocycles. The maximum Gasteiger partial charge on any atom is 0.257 e. The van der Waals surface area contributed by atoms with E-state index in [4.69, 9.17) is 4.74 Å². The van der Waals surface area contributed by atoms with Crippen LogP contribution in [0.25, 0.3) is 0 Å². The van der Waals surface area contributed by atoms with Crippen LogP contribution in [0.2, 0.25) is 0 Å². The zero-order valence-electron chi connectivity index (χ0n) is 13.6. The fourth-order valence-corrected chi connectivity index (χ4v) is 3.75. The van der Waals surface area contributed by atoms with Crippen LogP contribution in [-0.4, -0.2) is 61.2 Å². The highest BCUT2D eigenvalue weighted by Gasteiger charge is 2.32. The topological polar surface area (TPSA) is 75.6 Å². The summed E-state index contributed by atoms with van der Waals surface area (Å²) in [6, 6.07) is 0. The Bertz CT molecular complexity index is 604. The smallest absolute Gasteiger partial charge is 0.257 e. The first-order chi connectivity index (χ1) is 10.3. The molecule has 8 heteroatoms. The summed E-state index contributed by atoms with van der Waals surface area (Å²) in [6.45, 7) is 4.32. The fraction of sp³-hybridized carbons (Fsp3) is 0.714. The van der Waals surface area contributed by atoms with E-state index in [2.05, 4.69) is 9.97 Å². The zero-order chi connectivity index (χ0) is 16.3. The summed E-state index contributed by atoms with van der Waals surface area (Å²) in [5.74, 6) is 1.09. The molecule has 7 nitrogen and oxygen atoms in total. The van der Waals surface area contributed by atoms with Crippen molar-refractivity contribution in [2.45, 2.75) is 38.0 Å². The number of hydrogen-bond donors (Lipinski definition) is 0. The molecule has 1 aromatic rings. The van der Waals surface area contributed by atoms with Crippen molar-refractivity contribution in [3.63, 3.8) is 0 Å². The Hall–Kier alpha value is -1.41. The largest absolute Gasteiger partial charge is 0.470 e. The first-order valence-electron chi connectivity index (χ1n) is 7.46. The van der Waals surface area contributed by atoms with Gasteiger partial charge in [-0.2, -0.15) is 4.31 Å². The Balaban J connectivity index is 2.12. The lowest BCUT2D eigenvalue weighted by molar-refractivity contribution is 0.124. The van der Waals surface area contributed by atoms with E-state index in [9.17, 15) is 8.42 Å². The minimum atomic E-state index is -3.24. The molecule has 1 atom stereocenters. The molecule has 0 N–H and O–H groups in total. The maximum absolute atomic E-state index is 12.3. The van der Waals surface area contributed by atoms with Crippen molar-refractivity contribution in [3.05, 3.63) is 12.4 Å². The minimum Gasteiger partial charge on any atom is -0.470 e. The SMILES string of the molecule is CC(C)S(=O)(=O)N1CCCC(Oc2nccnc2N(C)C)C1. The Labute approximate surface area is 132 Å². The number of piperidine rings is 1. The molecule has 0 radical (unpaired) electrons. The van der Waals surface area contributed by atoms with Crippen molar-refractivity contribution in [1.82, 2.24) is 14.3 Å². The minimum absolute atomic E-state index is 0.197. The lowest BCUT2D eigenvalue weighted by Gasteiger charge is -2.33. The molecule has 1 aliphatic heterocycles. The van der Waals surface area contributed by atoms with Crippen molar-refractivity contribution in [1.29, 1.82) is 0 Å². The molecule has 0 spiro atoms. The number of aromatic nitrogens is 2. The van der Waals surface area contributed by atoms with Crippen molar-refractivity contribution >= 4 is 15.8 Å². The number of nitrogens with zero attached hydrogens (tertiary/aromatic N) is 4. The summed E-state index contributed by atoms with van der Waals surface area (Å²) >= 11 is 0. The summed E-state index contributed by atoms with van der Waals surface area (Å²) in [5, 5.41) is -0.417. The molecular weight excluding hydrogens is 304 g/mol. The van der Waals surface area contributed by atoms with Crippen LogP contribution in [0.4, 0.5) is 5.82 Å². The second kappa shape index (κ2) is 6.78. The lowest BCUT2D eigenvalue weighted by Crippen LogP contribution is -2.46. The third kappa shape index (κ3) is 3.67. The van der Waals surface area contributed by atoms with E-state index in [0.29, 0.717) is 24.8 Å². The van der Waals surface area contributed by atoms with E-state index < -0.39 is 15.3 Å². The summed E-state index contributed by atoms with van der Waals surface area (Å²) < 4.78 is 32.0. The normalized spacial score (nSPS) is 20.1. The van der Waals surface area contributed by atoms with E-state index in [1.54, 1.807) is 26.2 Å². The van der Waals surface area contributed by atoms with Gasteiger partial charge in [-0.25, -0.2) is 18.4 Å². The number of rotatable bonds is 5. The van der Waals surface area contributed by atoms with Crippen LogP contribution < -0.4 is 9.64 Å². The quantitative estimate of drug-likeness (QED) is 0.806. The highest BCUT2D eigenvalue weighted by Crippen LogP contribution is 2.25. The molecule has 2 heterocycles. The van der Waals surface area contributed by atoms with Crippen LogP contribution in [0.3, 0.4) is 0 Å². The highest BCUT2D eigenvalue weighted by molar-refractivity contribution is 7.89. The van der Waals surface area contributed by atoms with Crippen LogP contribution >= 0.6 is 0 Å². The third-order valence-corrected chi connectivity index (χ3v) is 5.89. The Kier molecular flexibility index (Phi) is 5.23. The first-order valence-corrected chi connectivity index (χ1v) is 8.96. The number of ether oxygens (including phenoxy) is 1. The summed E-state index contributed by atoms with van der Waals surface area (Å²) in [7, 11) is 0.492. The Morgan fingerprint density at radius 2 is 2.00 bits per heavy atom. The Morgan fingerprint density at radius 3 is 2.64 bits per heavy atom. The van der Waals surface area contributed by atoms with Gasteiger partial charge in [-0.3, -0.25) is 0 Å². The summed E-state index contributed by atoms with van der Waals surface area (Å²) in [6.07, 6.45) is 4.59. The van der Waals surface area contributed by atoms with Gasteiger partial charge in [0.2, 0.25) is 10.0 Å². The van der Waals surface area contributed by atoms with Gasteiger partial charge in [-0.05, 0) is 26.7 Å². The van der Waals surface area contributed by atoms with E-state index in [1.807, 2.05) is 19.0 Å². The van der Waals surface area contributed by atoms with E-state index >= 15 is 0 Å². The van der Waals surface area contributed by atoms with Gasteiger partial charge in [0.05, 0.1) is 11.8 Å². The van der Waals surface area contributed by atoms with Crippen molar-refractivity contribution < 1.29 is 13.2 Å². The molecule has 22 heavy (non-hydrogen) atoms. The second-order valence-corrected chi connectivity index (χ2v) is 8.40. The van der Waals surface area contributed by atoms with Crippen LogP contribution in [0.1, 0.15) is 26.7 Å². The molecule has 2 rings (SSSR count). The molecule has 124 valence electrons. The molecular formula is C14H24N4O3S. The lowest BCUT2D eigenvalue weighted by atomic mass is 10.1. The molecule has 0 saturated carbocycles. The summed E-state index contributed by atoms with van der Waals surface area (Å²) in [5.41, 5.74) is 0. The number of hydrogen-bond acceptors (Lipinski definition) is 6. The van der Waals surface area contributed by atoms with Crippen molar-refractivity contribution in [2.24, 2.45) is 0 Å². The average Bonchev–Trinajstić information content (AvgIpc) is 2.47. The molecule has 1 aliphatic rings. The van der Waals surface area contributed by atoms with Crippen LogP contribution in [0, 0.1) is 0 Å².